The highest BCUT2D eigenvalue weighted by Crippen LogP contribution is 2.21. The van der Waals surface area contributed by atoms with Crippen LogP contribution in [0.2, 0.25) is 0 Å². The van der Waals surface area contributed by atoms with Gasteiger partial charge < -0.3 is 21.5 Å². The zero-order chi connectivity index (χ0) is 21.3. The molecule has 8 nitrogen and oxygen atoms in total. The normalized spacial score (nSPS) is 11.7. The lowest BCUT2D eigenvalue weighted by molar-refractivity contribution is -0.140. The molecule has 2 aromatic heterocycles. The van der Waals surface area contributed by atoms with Gasteiger partial charge in [-0.05, 0) is 35.9 Å². The van der Waals surface area contributed by atoms with Gasteiger partial charge in [-0.3, -0.25) is 14.8 Å². The van der Waals surface area contributed by atoms with Crippen LogP contribution in [0.3, 0.4) is 0 Å². The Bertz CT molecular complexity index is 1090. The van der Waals surface area contributed by atoms with Crippen LogP contribution in [0.5, 0.6) is 0 Å². The minimum absolute atomic E-state index is 0.215. The van der Waals surface area contributed by atoms with Crippen molar-refractivity contribution >= 4 is 40.2 Å². The van der Waals surface area contributed by atoms with Crippen LogP contribution in [-0.2, 0) is 16.1 Å². The van der Waals surface area contributed by atoms with Gasteiger partial charge in [0.1, 0.15) is 12.4 Å². The lowest BCUT2D eigenvalue weighted by atomic mass is 10.1. The zero-order valence-corrected chi connectivity index (χ0v) is 16.7. The highest BCUT2D eigenvalue weighted by Gasteiger charge is 2.07. The summed E-state index contributed by atoms with van der Waals surface area (Å²) in [6.07, 6.45) is 4.80. The number of benzene rings is 1. The molecule has 2 heterocycles. The number of rotatable bonds is 8. The number of carbonyl (C=O) groups is 1. The van der Waals surface area contributed by atoms with E-state index in [0.29, 0.717) is 35.9 Å². The van der Waals surface area contributed by atoms with Gasteiger partial charge in [-0.1, -0.05) is 12.1 Å². The van der Waals surface area contributed by atoms with Crippen LogP contribution in [0.25, 0.3) is 16.5 Å². The van der Waals surface area contributed by atoms with E-state index in [9.17, 15) is 4.79 Å². The number of hydrogen-bond donors (Lipinski definition) is 3. The first-order chi connectivity index (χ1) is 14.6. The van der Waals surface area contributed by atoms with Crippen LogP contribution in [0.15, 0.2) is 59.9 Å². The predicted octanol–water partition coefficient (Wildman–Crippen LogP) is 2.76. The number of carbonyl (C=O) groups excluding carboxylic acids is 1. The molecule has 0 bridgehead atoms. The molecule has 0 saturated carbocycles. The first-order valence-corrected chi connectivity index (χ1v) is 9.46. The van der Waals surface area contributed by atoms with Crippen molar-refractivity contribution < 1.29 is 9.53 Å². The Morgan fingerprint density at radius 2 is 2.13 bits per heavy atom. The van der Waals surface area contributed by atoms with Gasteiger partial charge in [0.2, 0.25) is 0 Å². The smallest absolute Gasteiger partial charge is 0.302 e. The molecule has 1 aromatic carbocycles. The number of nitrogens with one attached hydrogen (secondary N) is 1. The highest BCUT2D eigenvalue weighted by atomic mass is 16.5. The summed E-state index contributed by atoms with van der Waals surface area (Å²) in [6.45, 7) is 2.47. The van der Waals surface area contributed by atoms with Crippen LogP contribution in [0.4, 0.5) is 11.5 Å². The fourth-order valence-corrected chi connectivity index (χ4v) is 2.79. The predicted molar refractivity (Wildman–Crippen MR) is 120 cm³/mol. The van der Waals surface area contributed by atoms with Gasteiger partial charge in [0.05, 0.1) is 23.4 Å². The second kappa shape index (κ2) is 10.0. The molecule has 8 heteroatoms. The first kappa shape index (κ1) is 20.8. The van der Waals surface area contributed by atoms with E-state index < -0.39 is 0 Å². The fraction of sp³-hybridized carbons (Fsp3) is 0.182. The largest absolute Gasteiger partial charge is 0.464 e. The summed E-state index contributed by atoms with van der Waals surface area (Å²) in [5.41, 5.74) is 15.7. The molecule has 0 aliphatic carbocycles. The molecule has 30 heavy (non-hydrogen) atoms. The van der Waals surface area contributed by atoms with Crippen LogP contribution < -0.4 is 16.8 Å². The fourth-order valence-electron chi connectivity index (χ4n) is 2.79. The van der Waals surface area contributed by atoms with Gasteiger partial charge in [0, 0.05) is 43.0 Å². The molecule has 154 valence electrons. The third kappa shape index (κ3) is 5.54. The van der Waals surface area contributed by atoms with Crippen molar-refractivity contribution in [1.29, 1.82) is 0 Å². The quantitative estimate of drug-likeness (QED) is 0.299. The number of nitrogens with two attached hydrogens (primary N) is 2. The van der Waals surface area contributed by atoms with Crippen molar-refractivity contribution in [3.8, 4) is 0 Å². The number of anilines is 2. The number of pyridine rings is 2. The molecule has 3 aromatic rings. The number of fused-ring (bicyclic) bond motifs is 1. The van der Waals surface area contributed by atoms with Crippen molar-refractivity contribution in [2.24, 2.45) is 10.7 Å². The number of allylic oxidation sites excluding steroid dienone is 1. The summed E-state index contributed by atoms with van der Waals surface area (Å²) in [5.74, 6) is 0.227. The average Bonchev–Trinajstić information content (AvgIpc) is 2.75. The number of aliphatic imine (C=N–C) groups is 1. The van der Waals surface area contributed by atoms with Gasteiger partial charge in [-0.25, -0.2) is 4.98 Å². The van der Waals surface area contributed by atoms with Crippen LogP contribution in [0, 0.1) is 0 Å². The minimum atomic E-state index is -0.335. The maximum Gasteiger partial charge on any atom is 0.302 e. The molecule has 0 amide bonds. The van der Waals surface area contributed by atoms with E-state index in [2.05, 4.69) is 26.3 Å². The van der Waals surface area contributed by atoms with Crippen molar-refractivity contribution in [1.82, 2.24) is 9.97 Å². The van der Waals surface area contributed by atoms with Gasteiger partial charge in [0.15, 0.2) is 0 Å². The molecule has 0 saturated heterocycles. The summed E-state index contributed by atoms with van der Waals surface area (Å²) in [5, 5.41) is 4.35. The maximum atomic E-state index is 10.8. The lowest BCUT2D eigenvalue weighted by Gasteiger charge is -2.11. The molecular weight excluding hydrogens is 380 g/mol. The van der Waals surface area contributed by atoms with Crippen LogP contribution in [0.1, 0.15) is 18.2 Å². The minimum Gasteiger partial charge on any atom is -0.464 e. The van der Waals surface area contributed by atoms with Gasteiger partial charge in [-0.2, -0.15) is 0 Å². The molecule has 0 aliphatic rings. The van der Waals surface area contributed by atoms with Crippen LogP contribution in [-0.4, -0.2) is 35.3 Å². The number of nitrogens with zero attached hydrogens (tertiary/aromatic N) is 3. The second-order valence-electron chi connectivity index (χ2n) is 6.52. The summed E-state index contributed by atoms with van der Waals surface area (Å²) < 4.78 is 4.85. The third-order valence-corrected chi connectivity index (χ3v) is 4.29. The van der Waals surface area contributed by atoms with Crippen molar-refractivity contribution in [2.45, 2.75) is 13.5 Å². The first-order valence-electron chi connectivity index (χ1n) is 9.46. The third-order valence-electron chi connectivity index (χ3n) is 4.29. The van der Waals surface area contributed by atoms with Crippen molar-refractivity contribution in [3.63, 3.8) is 0 Å². The van der Waals surface area contributed by atoms with Crippen LogP contribution >= 0.6 is 0 Å². The Morgan fingerprint density at radius 1 is 1.27 bits per heavy atom. The van der Waals surface area contributed by atoms with E-state index >= 15 is 0 Å². The van der Waals surface area contributed by atoms with E-state index in [4.69, 9.17) is 16.2 Å². The molecule has 0 aliphatic heterocycles. The number of hydrogen-bond acceptors (Lipinski definition) is 8. The Labute approximate surface area is 174 Å². The SMILES string of the molecule is CC(=O)OCCN=CC(=CN)c1ccc(N)c(NCc2ccc3ncccc3c2)n1. The molecule has 0 unspecified atom stereocenters. The molecule has 5 N–H and O–H groups in total. The zero-order valence-electron chi connectivity index (χ0n) is 16.7. The number of nitrogen functional groups attached to an aromatic ring is 1. The molecule has 0 atom stereocenters. The standard InChI is InChI=1S/C22H24N6O2/c1-15(29)30-10-9-25-14-18(12-23)21-7-5-19(24)22(28-21)27-13-16-4-6-20-17(11-16)3-2-8-26-20/h2-8,11-12,14H,9-10,13,23-24H2,1H3,(H,27,28). The highest BCUT2D eigenvalue weighted by molar-refractivity contribution is 6.09. The molecule has 0 spiro atoms. The Kier molecular flexibility index (Phi) is 6.94. The summed E-state index contributed by atoms with van der Waals surface area (Å²) >= 11 is 0. The Hall–Kier alpha value is -3.94. The van der Waals surface area contributed by atoms with E-state index in [-0.39, 0.29) is 12.6 Å². The summed E-state index contributed by atoms with van der Waals surface area (Å²) in [6, 6.07) is 13.6. The number of ether oxygens (including phenoxy) is 1. The molecule has 0 fully saturated rings. The van der Waals surface area contributed by atoms with Gasteiger partial charge in [-0.15, -0.1) is 0 Å². The van der Waals surface area contributed by atoms with E-state index in [1.165, 1.54) is 13.1 Å². The van der Waals surface area contributed by atoms with Gasteiger partial charge >= 0.3 is 5.97 Å². The average molecular weight is 404 g/mol. The lowest BCUT2D eigenvalue weighted by Crippen LogP contribution is -2.07. The van der Waals surface area contributed by atoms with E-state index in [1.807, 2.05) is 24.3 Å². The molecule has 0 radical (unpaired) electrons. The molecular formula is C22H24N6O2. The van der Waals surface area contributed by atoms with Crippen molar-refractivity contribution in [3.05, 3.63) is 66.1 Å². The summed E-state index contributed by atoms with van der Waals surface area (Å²) in [4.78, 5) is 23.9. The van der Waals surface area contributed by atoms with Gasteiger partial charge in [0.25, 0.3) is 0 Å². The van der Waals surface area contributed by atoms with E-state index in [1.54, 1.807) is 24.5 Å². The van der Waals surface area contributed by atoms with Crippen molar-refractivity contribution in [2.75, 3.05) is 24.2 Å². The number of aromatic nitrogens is 2. The second-order valence-corrected chi connectivity index (χ2v) is 6.52. The molecule has 3 rings (SSSR count). The number of esters is 1. The maximum absolute atomic E-state index is 10.8. The Balaban J connectivity index is 1.68. The monoisotopic (exact) mass is 404 g/mol. The Morgan fingerprint density at radius 3 is 2.93 bits per heavy atom. The topological polar surface area (TPSA) is 129 Å². The summed E-state index contributed by atoms with van der Waals surface area (Å²) in [7, 11) is 0. The van der Waals surface area contributed by atoms with E-state index in [0.717, 1.165) is 16.5 Å².